The van der Waals surface area contributed by atoms with Crippen LogP contribution in [0.3, 0.4) is 0 Å². The van der Waals surface area contributed by atoms with Crippen LogP contribution in [0.1, 0.15) is 36.5 Å². The van der Waals surface area contributed by atoms with Gasteiger partial charge in [-0.2, -0.15) is 5.10 Å². The molecule has 4 rings (SSSR count). The Kier molecular flexibility index (Phi) is 3.99. The van der Waals surface area contributed by atoms with Crippen molar-refractivity contribution in [3.8, 4) is 0 Å². The predicted molar refractivity (Wildman–Crippen MR) is 107 cm³/mol. The number of H-pyrrole nitrogens is 1. The van der Waals surface area contributed by atoms with Crippen LogP contribution in [0.25, 0.3) is 0 Å². The maximum atomic E-state index is 8.62. The van der Waals surface area contributed by atoms with E-state index in [1.807, 2.05) is 4.90 Å². The zero-order chi connectivity index (χ0) is 18.3. The van der Waals surface area contributed by atoms with Gasteiger partial charge in [-0.25, -0.2) is 0 Å². The van der Waals surface area contributed by atoms with Crippen molar-refractivity contribution in [1.29, 1.82) is 5.41 Å². The van der Waals surface area contributed by atoms with Gasteiger partial charge in [-0.15, -0.1) is 0 Å². The standard InChI is InChI=1S/C21H23N5/c1-14(2)16-6-10-18(11-7-16)26-13-25(17-8-4-15(3)5-9-17)20(22)19-12-23-24-21(19)26/h4-12,14,22H,13H2,1-3H3,(H,23,24). The van der Waals surface area contributed by atoms with Crippen molar-refractivity contribution in [3.63, 3.8) is 0 Å². The topological polar surface area (TPSA) is 59.0 Å². The summed E-state index contributed by atoms with van der Waals surface area (Å²) in [5.41, 5.74) is 5.44. The van der Waals surface area contributed by atoms with Crippen LogP contribution >= 0.6 is 0 Å². The van der Waals surface area contributed by atoms with E-state index in [1.165, 1.54) is 11.1 Å². The number of aromatic nitrogens is 2. The number of anilines is 3. The second kappa shape index (κ2) is 6.33. The molecule has 0 radical (unpaired) electrons. The summed E-state index contributed by atoms with van der Waals surface area (Å²) in [5, 5.41) is 15.9. The third kappa shape index (κ3) is 2.75. The van der Waals surface area contributed by atoms with Gasteiger partial charge in [0.25, 0.3) is 0 Å². The highest BCUT2D eigenvalue weighted by atomic mass is 15.4. The summed E-state index contributed by atoms with van der Waals surface area (Å²) < 4.78 is 0. The van der Waals surface area contributed by atoms with Crippen molar-refractivity contribution >= 4 is 23.0 Å². The molecule has 0 aliphatic carbocycles. The number of aromatic amines is 1. The number of hydrogen-bond acceptors (Lipinski definition) is 3. The molecule has 0 amide bonds. The molecule has 2 heterocycles. The molecule has 0 bridgehead atoms. The lowest BCUT2D eigenvalue weighted by Crippen LogP contribution is -2.44. The molecule has 0 saturated heterocycles. The third-order valence-corrected chi connectivity index (χ3v) is 4.91. The first-order chi connectivity index (χ1) is 12.5. The molecule has 1 aliphatic rings. The summed E-state index contributed by atoms with van der Waals surface area (Å²) in [6, 6.07) is 16.9. The molecule has 1 aliphatic heterocycles. The first-order valence-corrected chi connectivity index (χ1v) is 8.88. The second-order valence-corrected chi connectivity index (χ2v) is 7.06. The van der Waals surface area contributed by atoms with Crippen molar-refractivity contribution in [3.05, 3.63) is 71.4 Å². The lowest BCUT2D eigenvalue weighted by molar-refractivity contribution is 0.862. The zero-order valence-electron chi connectivity index (χ0n) is 15.3. The Balaban J connectivity index is 1.74. The lowest BCUT2D eigenvalue weighted by atomic mass is 10.0. The number of aryl methyl sites for hydroxylation is 1. The van der Waals surface area contributed by atoms with E-state index in [0.717, 1.165) is 22.8 Å². The van der Waals surface area contributed by atoms with Crippen LogP contribution in [0.5, 0.6) is 0 Å². The van der Waals surface area contributed by atoms with Crippen LogP contribution in [-0.2, 0) is 0 Å². The van der Waals surface area contributed by atoms with E-state index < -0.39 is 0 Å². The van der Waals surface area contributed by atoms with Crippen LogP contribution in [0.15, 0.2) is 54.7 Å². The minimum atomic E-state index is 0.465. The Bertz CT molecular complexity index is 922. The van der Waals surface area contributed by atoms with Gasteiger partial charge in [-0.3, -0.25) is 10.5 Å². The fourth-order valence-corrected chi connectivity index (χ4v) is 3.27. The summed E-state index contributed by atoms with van der Waals surface area (Å²) in [6.45, 7) is 7.03. The average Bonchev–Trinajstić information content (AvgIpc) is 3.14. The van der Waals surface area contributed by atoms with Crippen LogP contribution < -0.4 is 9.80 Å². The van der Waals surface area contributed by atoms with Gasteiger partial charge < -0.3 is 9.80 Å². The fraction of sp³-hybridized carbons (Fsp3) is 0.238. The highest BCUT2D eigenvalue weighted by molar-refractivity contribution is 6.13. The molecule has 3 aromatic rings. The van der Waals surface area contributed by atoms with Gasteiger partial charge in [0.15, 0.2) is 0 Å². The Hall–Kier alpha value is -3.08. The second-order valence-electron chi connectivity index (χ2n) is 7.06. The van der Waals surface area contributed by atoms with Gasteiger partial charge in [0.05, 0.1) is 11.8 Å². The molecule has 2 aromatic carbocycles. The van der Waals surface area contributed by atoms with Crippen molar-refractivity contribution in [2.45, 2.75) is 26.7 Å². The van der Waals surface area contributed by atoms with E-state index in [2.05, 4.69) is 84.4 Å². The van der Waals surface area contributed by atoms with E-state index in [1.54, 1.807) is 6.20 Å². The number of amidine groups is 1. The van der Waals surface area contributed by atoms with E-state index in [4.69, 9.17) is 5.41 Å². The largest absolute Gasteiger partial charge is 0.308 e. The van der Waals surface area contributed by atoms with Gasteiger partial charge in [0.2, 0.25) is 0 Å². The first-order valence-electron chi connectivity index (χ1n) is 8.88. The molecule has 5 heteroatoms. The number of fused-ring (bicyclic) bond motifs is 1. The summed E-state index contributed by atoms with van der Waals surface area (Å²) in [4.78, 5) is 4.18. The van der Waals surface area contributed by atoms with E-state index in [-0.39, 0.29) is 0 Å². The Morgan fingerprint density at radius 2 is 1.58 bits per heavy atom. The maximum absolute atomic E-state index is 8.62. The molecule has 132 valence electrons. The van der Waals surface area contributed by atoms with Gasteiger partial charge in [-0.05, 0) is 42.7 Å². The summed E-state index contributed by atoms with van der Waals surface area (Å²) in [6.07, 6.45) is 1.73. The van der Waals surface area contributed by atoms with E-state index >= 15 is 0 Å². The molecule has 0 atom stereocenters. The van der Waals surface area contributed by atoms with Crippen LogP contribution in [0.4, 0.5) is 17.2 Å². The summed E-state index contributed by atoms with van der Waals surface area (Å²) in [7, 11) is 0. The van der Waals surface area contributed by atoms with Crippen molar-refractivity contribution < 1.29 is 0 Å². The molecular weight excluding hydrogens is 322 g/mol. The number of hydrogen-bond donors (Lipinski definition) is 2. The fourth-order valence-electron chi connectivity index (χ4n) is 3.27. The molecule has 1 aromatic heterocycles. The quantitative estimate of drug-likeness (QED) is 0.718. The van der Waals surface area contributed by atoms with E-state index in [9.17, 15) is 0 Å². The minimum absolute atomic E-state index is 0.465. The molecule has 5 nitrogen and oxygen atoms in total. The average molecular weight is 345 g/mol. The Morgan fingerprint density at radius 1 is 0.962 bits per heavy atom. The van der Waals surface area contributed by atoms with Gasteiger partial charge >= 0.3 is 0 Å². The molecule has 0 spiro atoms. The first kappa shape index (κ1) is 16.4. The lowest BCUT2D eigenvalue weighted by Gasteiger charge is -2.37. The third-order valence-electron chi connectivity index (χ3n) is 4.91. The number of nitrogens with zero attached hydrogens (tertiary/aromatic N) is 3. The smallest absolute Gasteiger partial charge is 0.141 e. The Morgan fingerprint density at radius 3 is 2.23 bits per heavy atom. The van der Waals surface area contributed by atoms with Crippen molar-refractivity contribution in [2.24, 2.45) is 0 Å². The highest BCUT2D eigenvalue weighted by Gasteiger charge is 2.30. The molecule has 26 heavy (non-hydrogen) atoms. The van der Waals surface area contributed by atoms with Gasteiger partial charge in [0.1, 0.15) is 18.3 Å². The maximum Gasteiger partial charge on any atom is 0.141 e. The number of nitrogens with one attached hydrogen (secondary N) is 2. The number of rotatable bonds is 3. The molecule has 2 N–H and O–H groups in total. The molecular formula is C21H23N5. The molecule has 0 fully saturated rings. The SMILES string of the molecule is Cc1ccc(N2CN(c3ccc(C(C)C)cc3)c3[nH]ncc3C2=N)cc1. The monoisotopic (exact) mass is 345 g/mol. The molecule has 0 unspecified atom stereocenters. The summed E-state index contributed by atoms with van der Waals surface area (Å²) >= 11 is 0. The van der Waals surface area contributed by atoms with Crippen molar-refractivity contribution in [2.75, 3.05) is 16.5 Å². The van der Waals surface area contributed by atoms with Crippen molar-refractivity contribution in [1.82, 2.24) is 10.2 Å². The minimum Gasteiger partial charge on any atom is -0.308 e. The molecule has 0 saturated carbocycles. The van der Waals surface area contributed by atoms with Crippen LogP contribution in [-0.4, -0.2) is 22.7 Å². The predicted octanol–water partition coefficient (Wildman–Crippen LogP) is 4.78. The number of benzene rings is 2. The van der Waals surface area contributed by atoms with Crippen LogP contribution in [0.2, 0.25) is 0 Å². The van der Waals surface area contributed by atoms with Crippen LogP contribution in [0, 0.1) is 12.3 Å². The van der Waals surface area contributed by atoms with Gasteiger partial charge in [-0.1, -0.05) is 43.7 Å². The Labute approximate surface area is 153 Å². The highest BCUT2D eigenvalue weighted by Crippen LogP contribution is 2.34. The normalized spacial score (nSPS) is 14.1. The van der Waals surface area contributed by atoms with E-state index in [0.29, 0.717) is 18.4 Å². The zero-order valence-corrected chi connectivity index (χ0v) is 15.3. The van der Waals surface area contributed by atoms with Gasteiger partial charge in [0, 0.05) is 11.4 Å². The summed E-state index contributed by atoms with van der Waals surface area (Å²) in [5.74, 6) is 1.84.